The van der Waals surface area contributed by atoms with E-state index in [2.05, 4.69) is 4.90 Å². The molecule has 2 aliphatic heterocycles. The van der Waals surface area contributed by atoms with Crippen LogP contribution < -0.4 is 4.31 Å². The molecule has 4 heterocycles. The maximum absolute atomic E-state index is 13.0. The Bertz CT molecular complexity index is 1450. The number of imidazole rings is 1. The van der Waals surface area contributed by atoms with Gasteiger partial charge in [-0.3, -0.25) is 18.4 Å². The van der Waals surface area contributed by atoms with Crippen LogP contribution in [0.1, 0.15) is 18.5 Å². The molecule has 12 heteroatoms. The fourth-order valence-electron chi connectivity index (χ4n) is 5.05. The number of ether oxygens (including phenoxy) is 1. The molecular weight excluding hydrogens is 549 g/mol. The summed E-state index contributed by atoms with van der Waals surface area (Å²) < 4.78 is 33.0. The van der Waals surface area contributed by atoms with Crippen LogP contribution in [0, 0.1) is 5.92 Å². The van der Waals surface area contributed by atoms with Gasteiger partial charge in [0.2, 0.25) is 15.9 Å². The van der Waals surface area contributed by atoms with E-state index in [1.165, 1.54) is 17.6 Å². The summed E-state index contributed by atoms with van der Waals surface area (Å²) in [5.41, 5.74) is 3.56. The van der Waals surface area contributed by atoms with Crippen LogP contribution in [0.15, 0.2) is 36.5 Å². The summed E-state index contributed by atoms with van der Waals surface area (Å²) >= 11 is 12.7. The minimum absolute atomic E-state index is 0.0537. The lowest BCUT2D eigenvalue weighted by atomic mass is 9.98. The minimum Gasteiger partial charge on any atom is -0.381 e. The van der Waals surface area contributed by atoms with E-state index in [4.69, 9.17) is 32.9 Å². The number of nitrogens with zero attached hydrogens (tertiary/aromatic N) is 5. The molecule has 0 unspecified atom stereocenters. The summed E-state index contributed by atoms with van der Waals surface area (Å²) in [4.78, 5) is 22.1. The summed E-state index contributed by atoms with van der Waals surface area (Å²) in [7, 11) is -1.91. The SMILES string of the molecule is CN(c1ccc2nc(-c3ccc(Cl)cc3Cl)c(CN3CCN(C(=O)C4CCOCC4)CC3)n2c1)S(C)(=O)=O. The molecule has 204 valence electrons. The number of sulfonamides is 1. The van der Waals surface area contributed by atoms with Gasteiger partial charge in [-0.25, -0.2) is 13.4 Å². The van der Waals surface area contributed by atoms with Crippen molar-refractivity contribution >= 4 is 50.5 Å². The number of piperazine rings is 1. The lowest BCUT2D eigenvalue weighted by molar-refractivity contribution is -0.140. The first-order valence-electron chi connectivity index (χ1n) is 12.6. The van der Waals surface area contributed by atoms with Crippen LogP contribution in [-0.4, -0.2) is 86.2 Å². The minimum atomic E-state index is -3.44. The number of rotatable bonds is 6. The standard InChI is InChI=1S/C26H31Cl2N5O4S/c1-30(38(2,35)36)20-4-6-24-29-25(21-5-3-19(27)15-22(21)28)23(33(24)16-20)17-31-9-11-32(12-10-31)26(34)18-7-13-37-14-8-18/h3-6,15-16,18H,7-14,17H2,1-2H3. The number of pyridine rings is 1. The number of carbonyl (C=O) groups is 1. The molecule has 0 bridgehead atoms. The van der Waals surface area contributed by atoms with E-state index in [1.807, 2.05) is 15.4 Å². The molecule has 5 rings (SSSR count). The van der Waals surface area contributed by atoms with Gasteiger partial charge in [0.1, 0.15) is 5.65 Å². The molecule has 2 aromatic heterocycles. The number of amides is 1. The number of anilines is 1. The third-order valence-corrected chi connectivity index (χ3v) is 9.13. The van der Waals surface area contributed by atoms with Crippen LogP contribution in [0.2, 0.25) is 10.0 Å². The largest absolute Gasteiger partial charge is 0.381 e. The number of benzene rings is 1. The Labute approximate surface area is 232 Å². The molecule has 9 nitrogen and oxygen atoms in total. The van der Waals surface area contributed by atoms with E-state index in [0.717, 1.165) is 37.2 Å². The molecule has 38 heavy (non-hydrogen) atoms. The molecule has 2 aliphatic rings. The number of aromatic nitrogens is 2. The van der Waals surface area contributed by atoms with Crippen molar-refractivity contribution in [1.82, 2.24) is 19.2 Å². The van der Waals surface area contributed by atoms with E-state index in [1.54, 1.807) is 30.5 Å². The van der Waals surface area contributed by atoms with Gasteiger partial charge in [-0.05, 0) is 43.2 Å². The highest BCUT2D eigenvalue weighted by Crippen LogP contribution is 2.34. The summed E-state index contributed by atoms with van der Waals surface area (Å²) in [6.07, 6.45) is 4.54. The highest BCUT2D eigenvalue weighted by Gasteiger charge is 2.30. The molecule has 2 saturated heterocycles. The molecule has 2 fully saturated rings. The Morgan fingerprint density at radius 1 is 1.11 bits per heavy atom. The molecule has 0 spiro atoms. The molecule has 0 saturated carbocycles. The average molecular weight is 581 g/mol. The predicted octanol–water partition coefficient (Wildman–Crippen LogP) is 3.77. The quantitative estimate of drug-likeness (QED) is 0.441. The number of halogens is 2. The van der Waals surface area contributed by atoms with Gasteiger partial charge in [0, 0.05) is 75.7 Å². The Morgan fingerprint density at radius 3 is 2.47 bits per heavy atom. The van der Waals surface area contributed by atoms with Crippen molar-refractivity contribution in [2.75, 3.05) is 57.0 Å². The lowest BCUT2D eigenvalue weighted by Crippen LogP contribution is -2.50. The van der Waals surface area contributed by atoms with Crippen LogP contribution in [0.25, 0.3) is 16.9 Å². The summed E-state index contributed by atoms with van der Waals surface area (Å²) in [5, 5.41) is 1.02. The first kappa shape index (κ1) is 27.2. The van der Waals surface area contributed by atoms with Gasteiger partial charge >= 0.3 is 0 Å². The zero-order valence-electron chi connectivity index (χ0n) is 21.4. The Balaban J connectivity index is 1.45. The molecule has 0 aliphatic carbocycles. The van der Waals surface area contributed by atoms with Gasteiger partial charge in [-0.2, -0.15) is 0 Å². The van der Waals surface area contributed by atoms with Gasteiger partial charge < -0.3 is 9.64 Å². The summed E-state index contributed by atoms with van der Waals surface area (Å²) in [6, 6.07) is 8.86. The van der Waals surface area contributed by atoms with Crippen molar-refractivity contribution in [3.8, 4) is 11.3 Å². The van der Waals surface area contributed by atoms with Crippen molar-refractivity contribution in [1.29, 1.82) is 0 Å². The Hall–Kier alpha value is -2.37. The number of fused-ring (bicyclic) bond motifs is 1. The number of carbonyl (C=O) groups excluding carboxylic acids is 1. The molecule has 0 N–H and O–H groups in total. The normalized spacial score (nSPS) is 17.7. The van der Waals surface area contributed by atoms with Gasteiger partial charge in [-0.15, -0.1) is 0 Å². The third kappa shape index (κ3) is 5.65. The first-order valence-corrected chi connectivity index (χ1v) is 15.2. The van der Waals surface area contributed by atoms with Gasteiger partial charge in [0.15, 0.2) is 0 Å². The van der Waals surface area contributed by atoms with E-state index in [0.29, 0.717) is 59.9 Å². The molecule has 0 atom stereocenters. The molecule has 1 amide bonds. The van der Waals surface area contributed by atoms with Crippen LogP contribution in [-0.2, 0) is 26.1 Å². The second kappa shape index (κ2) is 11.0. The first-order chi connectivity index (χ1) is 18.1. The molecular formula is C26H31Cl2N5O4S. The molecule has 3 aromatic rings. The topological polar surface area (TPSA) is 87.5 Å². The highest BCUT2D eigenvalue weighted by molar-refractivity contribution is 7.92. The van der Waals surface area contributed by atoms with Crippen LogP contribution in [0.4, 0.5) is 5.69 Å². The lowest BCUT2D eigenvalue weighted by Gasteiger charge is -2.37. The van der Waals surface area contributed by atoms with Crippen LogP contribution in [0.5, 0.6) is 0 Å². The second-order valence-electron chi connectivity index (χ2n) is 9.87. The summed E-state index contributed by atoms with van der Waals surface area (Å²) in [6.45, 7) is 4.62. The maximum Gasteiger partial charge on any atom is 0.232 e. The second-order valence-corrected chi connectivity index (χ2v) is 12.7. The fourth-order valence-corrected chi connectivity index (χ4v) is 6.04. The fraction of sp³-hybridized carbons (Fsp3) is 0.462. The Kier molecular flexibility index (Phi) is 7.89. The van der Waals surface area contributed by atoms with Gasteiger partial charge in [0.25, 0.3) is 0 Å². The monoisotopic (exact) mass is 579 g/mol. The smallest absolute Gasteiger partial charge is 0.232 e. The van der Waals surface area contributed by atoms with Gasteiger partial charge in [0.05, 0.1) is 28.4 Å². The number of hydrogen-bond donors (Lipinski definition) is 0. The van der Waals surface area contributed by atoms with E-state index >= 15 is 0 Å². The van der Waals surface area contributed by atoms with Gasteiger partial charge in [-0.1, -0.05) is 23.2 Å². The average Bonchev–Trinajstić information content (AvgIpc) is 3.25. The number of hydrogen-bond acceptors (Lipinski definition) is 6. The molecule has 0 radical (unpaired) electrons. The van der Waals surface area contributed by atoms with E-state index < -0.39 is 10.0 Å². The van der Waals surface area contributed by atoms with E-state index in [9.17, 15) is 13.2 Å². The van der Waals surface area contributed by atoms with Crippen LogP contribution >= 0.6 is 23.2 Å². The van der Waals surface area contributed by atoms with Crippen LogP contribution in [0.3, 0.4) is 0 Å². The molecule has 1 aromatic carbocycles. The third-order valence-electron chi connectivity index (χ3n) is 7.38. The highest BCUT2D eigenvalue weighted by atomic mass is 35.5. The van der Waals surface area contributed by atoms with Crippen molar-refractivity contribution in [3.05, 3.63) is 52.3 Å². The maximum atomic E-state index is 13.0. The predicted molar refractivity (Wildman–Crippen MR) is 149 cm³/mol. The van der Waals surface area contributed by atoms with Crippen molar-refractivity contribution in [2.45, 2.75) is 19.4 Å². The summed E-state index contributed by atoms with van der Waals surface area (Å²) in [5.74, 6) is 0.280. The van der Waals surface area contributed by atoms with E-state index in [-0.39, 0.29) is 11.8 Å². The Morgan fingerprint density at radius 2 is 1.82 bits per heavy atom. The van der Waals surface area contributed by atoms with Crippen molar-refractivity contribution in [2.24, 2.45) is 5.92 Å². The van der Waals surface area contributed by atoms with Crippen molar-refractivity contribution in [3.63, 3.8) is 0 Å². The zero-order valence-corrected chi connectivity index (χ0v) is 23.8. The zero-order chi connectivity index (χ0) is 27.0. The van der Waals surface area contributed by atoms with Crippen molar-refractivity contribution < 1.29 is 17.9 Å².